The van der Waals surface area contributed by atoms with Gasteiger partial charge in [-0.25, -0.2) is 0 Å². The van der Waals surface area contributed by atoms with E-state index >= 15 is 0 Å². The van der Waals surface area contributed by atoms with Crippen LogP contribution in [0.4, 0.5) is 0 Å². The molecular formula is C15H21N3O2S. The van der Waals surface area contributed by atoms with Crippen molar-refractivity contribution in [2.45, 2.75) is 19.4 Å². The number of hydrogen-bond donors (Lipinski definition) is 1. The molecular weight excluding hydrogens is 286 g/mol. The fourth-order valence-electron chi connectivity index (χ4n) is 3.06. The molecule has 0 spiro atoms. The van der Waals surface area contributed by atoms with Crippen molar-refractivity contribution in [2.75, 3.05) is 32.7 Å². The van der Waals surface area contributed by atoms with Crippen LogP contribution < -0.4 is 5.32 Å². The number of carbonyl (C=O) groups excluding carboxylic acids is 2. The second kappa shape index (κ2) is 6.15. The summed E-state index contributed by atoms with van der Waals surface area (Å²) in [7, 11) is 0. The van der Waals surface area contributed by atoms with Crippen molar-refractivity contribution >= 4 is 23.2 Å². The molecule has 6 heteroatoms. The zero-order valence-electron chi connectivity index (χ0n) is 12.2. The van der Waals surface area contributed by atoms with E-state index < -0.39 is 0 Å². The molecule has 2 aliphatic rings. The molecule has 2 unspecified atom stereocenters. The molecule has 0 radical (unpaired) electrons. The number of hydrogen-bond acceptors (Lipinski definition) is 4. The molecule has 0 bridgehead atoms. The predicted molar refractivity (Wildman–Crippen MR) is 82.4 cm³/mol. The van der Waals surface area contributed by atoms with Crippen LogP contribution in [0, 0.1) is 5.92 Å². The lowest BCUT2D eigenvalue weighted by Crippen LogP contribution is -2.55. The normalized spacial score (nSPS) is 26.1. The van der Waals surface area contributed by atoms with Gasteiger partial charge in [-0.15, -0.1) is 0 Å². The Kier molecular flexibility index (Phi) is 4.26. The number of thiophene rings is 1. The van der Waals surface area contributed by atoms with Gasteiger partial charge >= 0.3 is 0 Å². The minimum absolute atomic E-state index is 0.0378. The molecule has 2 aliphatic heterocycles. The van der Waals surface area contributed by atoms with Gasteiger partial charge < -0.3 is 15.1 Å². The van der Waals surface area contributed by atoms with E-state index in [2.05, 4.69) is 12.2 Å². The Morgan fingerprint density at radius 1 is 1.24 bits per heavy atom. The first kappa shape index (κ1) is 14.5. The molecule has 114 valence electrons. The molecule has 2 atom stereocenters. The molecule has 2 amide bonds. The van der Waals surface area contributed by atoms with E-state index in [-0.39, 0.29) is 17.9 Å². The molecule has 2 fully saturated rings. The fourth-order valence-corrected chi connectivity index (χ4v) is 3.69. The SMILES string of the molecule is CC1CCNC1C(=O)N1CCN(C(=O)c2ccsc2)CC1. The number of carbonyl (C=O) groups is 2. The minimum Gasteiger partial charge on any atom is -0.338 e. The van der Waals surface area contributed by atoms with Crippen LogP contribution in [0.25, 0.3) is 0 Å². The van der Waals surface area contributed by atoms with Crippen molar-refractivity contribution in [2.24, 2.45) is 5.92 Å². The van der Waals surface area contributed by atoms with Gasteiger partial charge in [-0.1, -0.05) is 6.92 Å². The summed E-state index contributed by atoms with van der Waals surface area (Å²) in [6, 6.07) is 1.82. The summed E-state index contributed by atoms with van der Waals surface area (Å²) in [5, 5.41) is 7.09. The first-order chi connectivity index (χ1) is 10.2. The number of amides is 2. The predicted octanol–water partition coefficient (Wildman–Crippen LogP) is 1.03. The van der Waals surface area contributed by atoms with Crippen LogP contribution in [0.2, 0.25) is 0 Å². The van der Waals surface area contributed by atoms with Crippen LogP contribution in [0.15, 0.2) is 16.8 Å². The standard InChI is InChI=1S/C15H21N3O2S/c1-11-2-4-16-13(11)15(20)18-7-5-17(6-8-18)14(19)12-3-9-21-10-12/h3,9-11,13,16H,2,4-8H2,1H3. The van der Waals surface area contributed by atoms with E-state index in [1.807, 2.05) is 26.6 Å². The van der Waals surface area contributed by atoms with Gasteiger partial charge in [0.05, 0.1) is 11.6 Å². The van der Waals surface area contributed by atoms with E-state index in [1.165, 1.54) is 11.3 Å². The zero-order valence-corrected chi connectivity index (χ0v) is 13.1. The topological polar surface area (TPSA) is 52.7 Å². The highest BCUT2D eigenvalue weighted by atomic mass is 32.1. The van der Waals surface area contributed by atoms with E-state index in [9.17, 15) is 9.59 Å². The third-order valence-electron chi connectivity index (χ3n) is 4.45. The van der Waals surface area contributed by atoms with E-state index in [0.717, 1.165) is 18.5 Å². The van der Waals surface area contributed by atoms with Crippen molar-refractivity contribution in [1.29, 1.82) is 0 Å². The molecule has 0 saturated carbocycles. The lowest BCUT2D eigenvalue weighted by atomic mass is 10.0. The van der Waals surface area contributed by atoms with Gasteiger partial charge in [0.25, 0.3) is 5.91 Å². The average molecular weight is 307 g/mol. The summed E-state index contributed by atoms with van der Waals surface area (Å²) in [5.41, 5.74) is 0.755. The Bertz CT molecular complexity index is 509. The number of nitrogens with zero attached hydrogens (tertiary/aromatic N) is 2. The molecule has 3 rings (SSSR count). The Morgan fingerprint density at radius 2 is 1.95 bits per heavy atom. The largest absolute Gasteiger partial charge is 0.338 e. The summed E-state index contributed by atoms with van der Waals surface area (Å²) >= 11 is 1.53. The summed E-state index contributed by atoms with van der Waals surface area (Å²) in [4.78, 5) is 28.5. The molecule has 5 nitrogen and oxygen atoms in total. The Labute approximate surface area is 128 Å². The van der Waals surface area contributed by atoms with Crippen LogP contribution in [0.5, 0.6) is 0 Å². The molecule has 21 heavy (non-hydrogen) atoms. The summed E-state index contributed by atoms with van der Waals surface area (Å²) in [5.74, 6) is 0.682. The van der Waals surface area contributed by atoms with Crippen molar-refractivity contribution < 1.29 is 9.59 Å². The van der Waals surface area contributed by atoms with Crippen LogP contribution >= 0.6 is 11.3 Å². The van der Waals surface area contributed by atoms with Crippen LogP contribution in [0.1, 0.15) is 23.7 Å². The average Bonchev–Trinajstić information content (AvgIpc) is 3.17. The summed E-state index contributed by atoms with van der Waals surface area (Å²) in [6.45, 7) is 5.58. The van der Waals surface area contributed by atoms with Crippen molar-refractivity contribution in [3.63, 3.8) is 0 Å². The van der Waals surface area contributed by atoms with E-state index in [4.69, 9.17) is 0 Å². The molecule has 1 aromatic rings. The second-order valence-corrected chi connectivity index (χ2v) is 6.61. The van der Waals surface area contributed by atoms with Crippen molar-refractivity contribution in [1.82, 2.24) is 15.1 Å². The third kappa shape index (κ3) is 2.96. The molecule has 1 aromatic heterocycles. The molecule has 2 saturated heterocycles. The number of rotatable bonds is 2. The van der Waals surface area contributed by atoms with Gasteiger partial charge in [-0.05, 0) is 30.3 Å². The Balaban J connectivity index is 1.55. The fraction of sp³-hybridized carbons (Fsp3) is 0.600. The van der Waals surface area contributed by atoms with Gasteiger partial charge in [0.1, 0.15) is 0 Å². The van der Waals surface area contributed by atoms with Gasteiger partial charge in [0.2, 0.25) is 5.91 Å². The Hall–Kier alpha value is -1.40. The zero-order chi connectivity index (χ0) is 14.8. The molecule has 1 N–H and O–H groups in total. The van der Waals surface area contributed by atoms with Crippen LogP contribution in [-0.2, 0) is 4.79 Å². The van der Waals surface area contributed by atoms with E-state index in [1.54, 1.807) is 0 Å². The maximum atomic E-state index is 12.5. The van der Waals surface area contributed by atoms with Gasteiger partial charge in [0, 0.05) is 31.6 Å². The highest BCUT2D eigenvalue weighted by Gasteiger charge is 2.34. The highest BCUT2D eigenvalue weighted by molar-refractivity contribution is 7.08. The smallest absolute Gasteiger partial charge is 0.254 e. The van der Waals surface area contributed by atoms with Crippen molar-refractivity contribution in [3.8, 4) is 0 Å². The second-order valence-electron chi connectivity index (χ2n) is 5.83. The summed E-state index contributed by atoms with van der Waals surface area (Å²) < 4.78 is 0. The van der Waals surface area contributed by atoms with Crippen molar-refractivity contribution in [3.05, 3.63) is 22.4 Å². The summed E-state index contributed by atoms with van der Waals surface area (Å²) in [6.07, 6.45) is 1.06. The maximum Gasteiger partial charge on any atom is 0.254 e. The van der Waals surface area contributed by atoms with Crippen LogP contribution in [0.3, 0.4) is 0 Å². The number of nitrogens with one attached hydrogen (secondary N) is 1. The number of piperazine rings is 1. The maximum absolute atomic E-state index is 12.5. The van der Waals surface area contributed by atoms with Gasteiger partial charge in [-0.2, -0.15) is 11.3 Å². The third-order valence-corrected chi connectivity index (χ3v) is 5.13. The Morgan fingerprint density at radius 3 is 2.52 bits per heavy atom. The first-order valence-electron chi connectivity index (χ1n) is 7.50. The molecule has 0 aliphatic carbocycles. The van der Waals surface area contributed by atoms with E-state index in [0.29, 0.717) is 32.1 Å². The minimum atomic E-state index is -0.0378. The first-order valence-corrected chi connectivity index (χ1v) is 8.45. The van der Waals surface area contributed by atoms with Gasteiger partial charge in [-0.3, -0.25) is 9.59 Å². The van der Waals surface area contributed by atoms with Crippen LogP contribution in [-0.4, -0.2) is 60.4 Å². The lowest BCUT2D eigenvalue weighted by Gasteiger charge is -2.36. The molecule has 0 aromatic carbocycles. The highest BCUT2D eigenvalue weighted by Crippen LogP contribution is 2.18. The quantitative estimate of drug-likeness (QED) is 0.888. The van der Waals surface area contributed by atoms with Gasteiger partial charge in [0.15, 0.2) is 0 Å². The molecule has 3 heterocycles. The lowest BCUT2D eigenvalue weighted by molar-refractivity contribution is -0.135. The monoisotopic (exact) mass is 307 g/mol.